The number of hydrogen-bond donors (Lipinski definition) is 2. The van der Waals surface area contributed by atoms with Gasteiger partial charge in [0.15, 0.2) is 6.29 Å². The summed E-state index contributed by atoms with van der Waals surface area (Å²) in [6, 6.07) is 25.8. The van der Waals surface area contributed by atoms with Gasteiger partial charge in [-0.2, -0.15) is 0 Å². The summed E-state index contributed by atoms with van der Waals surface area (Å²) in [5.74, 6) is 0. The van der Waals surface area contributed by atoms with Crippen LogP contribution >= 0.6 is 22.9 Å². The molecule has 1 aliphatic rings. The molecular weight excluding hydrogens is 468 g/mol. The first-order valence-corrected chi connectivity index (χ1v) is 12.7. The van der Waals surface area contributed by atoms with Crippen LogP contribution in [-0.2, 0) is 15.9 Å². The Morgan fingerprint density at radius 2 is 1.79 bits per heavy atom. The molecule has 0 radical (unpaired) electrons. The van der Waals surface area contributed by atoms with Gasteiger partial charge in [-0.15, -0.1) is 11.3 Å². The van der Waals surface area contributed by atoms with E-state index in [9.17, 15) is 10.2 Å². The van der Waals surface area contributed by atoms with Crippen LogP contribution in [0, 0.1) is 0 Å². The molecule has 1 saturated heterocycles. The van der Waals surface area contributed by atoms with Gasteiger partial charge in [-0.3, -0.25) is 0 Å². The van der Waals surface area contributed by atoms with Crippen molar-refractivity contribution in [3.05, 3.63) is 105 Å². The van der Waals surface area contributed by atoms with Gasteiger partial charge in [0.25, 0.3) is 0 Å². The Morgan fingerprint density at radius 3 is 2.62 bits per heavy atom. The highest BCUT2D eigenvalue weighted by Gasteiger charge is 2.30. The Bertz CT molecular complexity index is 1210. The molecule has 34 heavy (non-hydrogen) atoms. The highest BCUT2D eigenvalue weighted by atomic mass is 35.5. The summed E-state index contributed by atoms with van der Waals surface area (Å²) in [6.07, 6.45) is -0.355. The van der Waals surface area contributed by atoms with Gasteiger partial charge in [-0.05, 0) is 34.7 Å². The standard InChI is InChI=1S/C28H27ClO4S/c29-25-11-10-19(12-21(25)14-24-13-20-8-4-5-9-27(20)34-24)26-16-22(30)15-23(33-26)17-32-28(31)18-6-2-1-3-7-18/h1-13,22-23,26,28,30-31H,14-17H2/t22-,23-,26?,28?/m0/s1. The van der Waals surface area contributed by atoms with Gasteiger partial charge < -0.3 is 19.7 Å². The molecular formula is C28H27ClO4S. The Hall–Kier alpha value is -2.25. The van der Waals surface area contributed by atoms with Crippen LogP contribution in [0.1, 0.15) is 46.8 Å². The zero-order valence-corrected chi connectivity index (χ0v) is 20.2. The number of ether oxygens (including phenoxy) is 2. The molecule has 0 spiro atoms. The van der Waals surface area contributed by atoms with Crippen molar-refractivity contribution in [2.75, 3.05) is 6.61 Å². The Kier molecular flexibility index (Phi) is 7.30. The Labute approximate surface area is 208 Å². The summed E-state index contributed by atoms with van der Waals surface area (Å²) in [6.45, 7) is 0.200. The summed E-state index contributed by atoms with van der Waals surface area (Å²) in [5.41, 5.74) is 2.73. The largest absolute Gasteiger partial charge is 0.393 e. The lowest BCUT2D eigenvalue weighted by Crippen LogP contribution is -2.34. The van der Waals surface area contributed by atoms with E-state index < -0.39 is 12.4 Å². The summed E-state index contributed by atoms with van der Waals surface area (Å²) in [5, 5.41) is 22.8. The summed E-state index contributed by atoms with van der Waals surface area (Å²) in [7, 11) is 0. The van der Waals surface area contributed by atoms with Crippen LogP contribution in [0.15, 0.2) is 78.9 Å². The number of hydrogen-bond acceptors (Lipinski definition) is 5. The smallest absolute Gasteiger partial charge is 0.181 e. The van der Waals surface area contributed by atoms with E-state index in [1.807, 2.05) is 42.5 Å². The molecule has 1 fully saturated rings. The molecule has 2 N–H and O–H groups in total. The number of aliphatic hydroxyl groups is 2. The maximum absolute atomic E-state index is 10.5. The van der Waals surface area contributed by atoms with Crippen LogP contribution in [-0.4, -0.2) is 29.0 Å². The molecule has 3 aromatic carbocycles. The molecule has 1 aromatic heterocycles. The van der Waals surface area contributed by atoms with Crippen LogP contribution < -0.4 is 0 Å². The lowest BCUT2D eigenvalue weighted by molar-refractivity contribution is -0.169. The SMILES string of the molecule is OC(OC[C@@H]1C[C@H](O)CC(c2ccc(Cl)c(Cc3cc4ccccc4s3)c2)O1)c1ccccc1. The minimum absolute atomic E-state index is 0.200. The summed E-state index contributed by atoms with van der Waals surface area (Å²) >= 11 is 8.33. The quantitative estimate of drug-likeness (QED) is 0.290. The second-order valence-corrected chi connectivity index (χ2v) is 10.3. The first-order chi connectivity index (χ1) is 16.5. The van der Waals surface area contributed by atoms with Crippen LogP contribution in [0.25, 0.3) is 10.1 Å². The van der Waals surface area contributed by atoms with Crippen molar-refractivity contribution in [2.24, 2.45) is 0 Å². The average Bonchev–Trinajstić information content (AvgIpc) is 3.26. The molecule has 2 unspecified atom stereocenters. The first kappa shape index (κ1) is 23.5. The Morgan fingerprint density at radius 1 is 1.00 bits per heavy atom. The molecule has 0 aliphatic carbocycles. The second kappa shape index (κ2) is 10.6. The van der Waals surface area contributed by atoms with Crippen molar-refractivity contribution >= 4 is 33.0 Å². The fourth-order valence-electron chi connectivity index (χ4n) is 4.47. The van der Waals surface area contributed by atoms with Crippen molar-refractivity contribution in [1.82, 2.24) is 0 Å². The lowest BCUT2D eigenvalue weighted by Gasteiger charge is -2.34. The predicted octanol–water partition coefficient (Wildman–Crippen LogP) is 6.43. The van der Waals surface area contributed by atoms with Crippen molar-refractivity contribution in [3.8, 4) is 0 Å². The maximum Gasteiger partial charge on any atom is 0.181 e. The van der Waals surface area contributed by atoms with Crippen LogP contribution in [0.2, 0.25) is 5.02 Å². The molecule has 1 aliphatic heterocycles. The first-order valence-electron chi connectivity index (χ1n) is 11.5. The van der Waals surface area contributed by atoms with E-state index >= 15 is 0 Å². The highest BCUT2D eigenvalue weighted by molar-refractivity contribution is 7.19. The Balaban J connectivity index is 1.27. The van der Waals surface area contributed by atoms with Gasteiger partial charge in [0.2, 0.25) is 0 Å². The molecule has 4 nitrogen and oxygen atoms in total. The number of halogens is 1. The fraction of sp³-hybridized carbons (Fsp3) is 0.286. The minimum atomic E-state index is -1.02. The summed E-state index contributed by atoms with van der Waals surface area (Å²) < 4.78 is 13.2. The van der Waals surface area contributed by atoms with E-state index in [1.54, 1.807) is 11.3 Å². The zero-order chi connectivity index (χ0) is 23.5. The zero-order valence-electron chi connectivity index (χ0n) is 18.6. The van der Waals surface area contributed by atoms with Gasteiger partial charge in [0.1, 0.15) is 0 Å². The van der Waals surface area contributed by atoms with Gasteiger partial charge in [-0.25, -0.2) is 0 Å². The molecule has 0 saturated carbocycles. The molecule has 5 rings (SSSR count). The van der Waals surface area contributed by atoms with E-state index in [-0.39, 0.29) is 18.8 Å². The van der Waals surface area contributed by atoms with Crippen molar-refractivity contribution in [2.45, 2.75) is 43.9 Å². The summed E-state index contributed by atoms with van der Waals surface area (Å²) in [4.78, 5) is 1.26. The van der Waals surface area contributed by atoms with Gasteiger partial charge in [-0.1, -0.05) is 72.3 Å². The van der Waals surface area contributed by atoms with Crippen molar-refractivity contribution in [3.63, 3.8) is 0 Å². The van der Waals surface area contributed by atoms with Gasteiger partial charge in [0.05, 0.1) is 24.9 Å². The second-order valence-electron chi connectivity index (χ2n) is 8.75. The van der Waals surface area contributed by atoms with Crippen LogP contribution in [0.4, 0.5) is 0 Å². The molecule has 0 amide bonds. The molecule has 2 heterocycles. The number of thiophene rings is 1. The minimum Gasteiger partial charge on any atom is -0.393 e. The van der Waals surface area contributed by atoms with Gasteiger partial charge in [0, 0.05) is 39.4 Å². The fourth-order valence-corrected chi connectivity index (χ4v) is 5.74. The lowest BCUT2D eigenvalue weighted by atomic mass is 9.94. The third-order valence-electron chi connectivity index (χ3n) is 6.19. The number of fused-ring (bicyclic) bond motifs is 1. The molecule has 6 heteroatoms. The predicted molar refractivity (Wildman–Crippen MR) is 136 cm³/mol. The third-order valence-corrected chi connectivity index (χ3v) is 7.67. The van der Waals surface area contributed by atoms with Crippen LogP contribution in [0.5, 0.6) is 0 Å². The van der Waals surface area contributed by atoms with Crippen molar-refractivity contribution < 1.29 is 19.7 Å². The van der Waals surface area contributed by atoms with Gasteiger partial charge >= 0.3 is 0 Å². The van der Waals surface area contributed by atoms with Crippen molar-refractivity contribution in [1.29, 1.82) is 0 Å². The third kappa shape index (κ3) is 5.52. The van der Waals surface area contributed by atoms with E-state index in [2.05, 4.69) is 36.4 Å². The molecule has 176 valence electrons. The molecule has 4 atom stereocenters. The molecule has 0 bridgehead atoms. The van der Waals surface area contributed by atoms with Crippen LogP contribution in [0.3, 0.4) is 0 Å². The number of aliphatic hydroxyl groups excluding tert-OH is 2. The van der Waals surface area contributed by atoms with E-state index in [1.165, 1.54) is 15.0 Å². The highest BCUT2D eigenvalue weighted by Crippen LogP contribution is 2.35. The monoisotopic (exact) mass is 494 g/mol. The normalized spacial score (nSPS) is 21.6. The average molecular weight is 495 g/mol. The van der Waals surface area contributed by atoms with E-state index in [4.69, 9.17) is 21.1 Å². The number of rotatable bonds is 7. The topological polar surface area (TPSA) is 58.9 Å². The van der Waals surface area contributed by atoms with E-state index in [0.29, 0.717) is 18.4 Å². The molecule has 4 aromatic rings. The maximum atomic E-state index is 10.5. The number of benzene rings is 3. The van der Waals surface area contributed by atoms with E-state index in [0.717, 1.165) is 22.6 Å².